The Labute approximate surface area is 191 Å². The second kappa shape index (κ2) is 8.61. The Bertz CT molecular complexity index is 1330. The van der Waals surface area contributed by atoms with E-state index in [0.717, 1.165) is 5.56 Å². The first-order chi connectivity index (χ1) is 15.3. The topological polar surface area (TPSA) is 83.6 Å². The molecule has 1 aliphatic rings. The van der Waals surface area contributed by atoms with Gasteiger partial charge in [-0.2, -0.15) is 0 Å². The first-order valence-electron chi connectivity index (χ1n) is 9.76. The van der Waals surface area contributed by atoms with Crippen LogP contribution in [0.2, 0.25) is 5.02 Å². The fourth-order valence-corrected chi connectivity index (χ4v) is 5.05. The summed E-state index contributed by atoms with van der Waals surface area (Å²) in [6, 6.07) is 20.0. The standard InChI is InChI=1S/C24H19ClN2O4S/c1-16(28)18-8-12-20(13-9-18)26-14-23-24(29)21-4-2-3-5-22(21)27(32(23,30)31)15-17-6-10-19(25)11-7-17/h2-14,26H,15H2,1H3. The minimum atomic E-state index is -4.13. The molecule has 1 heterocycles. The first kappa shape index (κ1) is 21.8. The molecule has 0 unspecified atom stereocenters. The van der Waals surface area contributed by atoms with Gasteiger partial charge in [0.2, 0.25) is 5.78 Å². The monoisotopic (exact) mass is 466 g/mol. The molecule has 0 radical (unpaired) electrons. The molecule has 0 aromatic heterocycles. The van der Waals surface area contributed by atoms with Gasteiger partial charge in [0.15, 0.2) is 10.7 Å². The summed E-state index contributed by atoms with van der Waals surface area (Å²) in [7, 11) is -4.13. The van der Waals surface area contributed by atoms with E-state index >= 15 is 0 Å². The number of hydrogen-bond acceptors (Lipinski definition) is 5. The number of hydrogen-bond donors (Lipinski definition) is 1. The van der Waals surface area contributed by atoms with Gasteiger partial charge in [-0.3, -0.25) is 13.9 Å². The molecular weight excluding hydrogens is 448 g/mol. The molecule has 0 amide bonds. The second-order valence-electron chi connectivity index (χ2n) is 7.27. The molecule has 0 bridgehead atoms. The van der Waals surface area contributed by atoms with Crippen LogP contribution >= 0.6 is 11.6 Å². The molecular formula is C24H19ClN2O4S. The van der Waals surface area contributed by atoms with Crippen LogP contribution in [-0.2, 0) is 16.6 Å². The molecule has 0 saturated heterocycles. The largest absolute Gasteiger partial charge is 0.360 e. The highest BCUT2D eigenvalue weighted by Gasteiger charge is 2.40. The number of carbonyl (C=O) groups is 2. The maximum absolute atomic E-state index is 13.4. The lowest BCUT2D eigenvalue weighted by atomic mass is 10.1. The van der Waals surface area contributed by atoms with E-state index in [0.29, 0.717) is 27.5 Å². The predicted octanol–water partition coefficient (Wildman–Crippen LogP) is 5.03. The van der Waals surface area contributed by atoms with Gasteiger partial charge in [0, 0.05) is 28.0 Å². The third kappa shape index (κ3) is 4.17. The Kier molecular flexibility index (Phi) is 5.86. The lowest BCUT2D eigenvalue weighted by Crippen LogP contribution is -2.39. The lowest BCUT2D eigenvalue weighted by molar-refractivity contribution is 0.101. The van der Waals surface area contributed by atoms with Gasteiger partial charge in [-0.05, 0) is 61.0 Å². The Morgan fingerprint density at radius 2 is 1.66 bits per heavy atom. The smallest absolute Gasteiger partial charge is 0.270 e. The minimum Gasteiger partial charge on any atom is -0.360 e. The van der Waals surface area contributed by atoms with Crippen molar-refractivity contribution < 1.29 is 18.0 Å². The quantitative estimate of drug-likeness (QED) is 0.421. The van der Waals surface area contributed by atoms with Crippen molar-refractivity contribution in [1.29, 1.82) is 0 Å². The number of sulfonamides is 1. The highest BCUT2D eigenvalue weighted by Crippen LogP contribution is 2.36. The number of fused-ring (bicyclic) bond motifs is 1. The Morgan fingerprint density at radius 1 is 1.00 bits per heavy atom. The predicted molar refractivity (Wildman–Crippen MR) is 125 cm³/mol. The van der Waals surface area contributed by atoms with Crippen LogP contribution in [0.4, 0.5) is 11.4 Å². The summed E-state index contributed by atoms with van der Waals surface area (Å²) in [6.07, 6.45) is 1.20. The third-order valence-corrected chi connectivity index (χ3v) is 7.13. The van der Waals surface area contributed by atoms with Crippen LogP contribution in [0.15, 0.2) is 83.9 Å². The zero-order valence-electron chi connectivity index (χ0n) is 17.1. The van der Waals surface area contributed by atoms with Gasteiger partial charge in [0.05, 0.1) is 12.2 Å². The molecule has 3 aromatic rings. The average molecular weight is 467 g/mol. The highest BCUT2D eigenvalue weighted by atomic mass is 35.5. The summed E-state index contributed by atoms with van der Waals surface area (Å²) in [5.74, 6) is -0.657. The van der Waals surface area contributed by atoms with Crippen LogP contribution in [0, 0.1) is 0 Å². The van der Waals surface area contributed by atoms with E-state index in [1.54, 1.807) is 72.8 Å². The van der Waals surface area contributed by atoms with Gasteiger partial charge >= 0.3 is 0 Å². The lowest BCUT2D eigenvalue weighted by Gasteiger charge is -2.31. The summed E-state index contributed by atoms with van der Waals surface area (Å²) in [6.45, 7) is 1.51. The van der Waals surface area contributed by atoms with Crippen molar-refractivity contribution in [2.75, 3.05) is 9.62 Å². The van der Waals surface area contributed by atoms with E-state index in [4.69, 9.17) is 11.6 Å². The molecule has 0 atom stereocenters. The number of para-hydroxylation sites is 1. The van der Waals surface area contributed by atoms with E-state index in [9.17, 15) is 18.0 Å². The van der Waals surface area contributed by atoms with E-state index in [1.807, 2.05) is 0 Å². The van der Waals surface area contributed by atoms with Crippen molar-refractivity contribution in [3.8, 4) is 0 Å². The normalized spacial score (nSPS) is 16.0. The molecule has 6 nitrogen and oxygen atoms in total. The van der Waals surface area contributed by atoms with E-state index in [1.165, 1.54) is 17.4 Å². The molecule has 1 aliphatic heterocycles. The van der Waals surface area contributed by atoms with E-state index in [2.05, 4.69) is 5.32 Å². The molecule has 8 heteroatoms. The molecule has 3 aromatic carbocycles. The van der Waals surface area contributed by atoms with Crippen molar-refractivity contribution in [2.45, 2.75) is 13.5 Å². The van der Waals surface area contributed by atoms with Gasteiger partial charge in [-0.25, -0.2) is 8.42 Å². The van der Waals surface area contributed by atoms with Crippen molar-refractivity contribution in [1.82, 2.24) is 0 Å². The van der Waals surface area contributed by atoms with Crippen LogP contribution in [0.1, 0.15) is 33.2 Å². The van der Waals surface area contributed by atoms with E-state index < -0.39 is 15.8 Å². The number of Topliss-reactive ketones (excluding diaryl/α,β-unsaturated/α-hetero) is 2. The first-order valence-corrected chi connectivity index (χ1v) is 11.6. The van der Waals surface area contributed by atoms with Crippen molar-refractivity contribution in [3.63, 3.8) is 0 Å². The number of carbonyl (C=O) groups excluding carboxylic acids is 2. The second-order valence-corrected chi connectivity index (χ2v) is 9.54. The van der Waals surface area contributed by atoms with Gasteiger partial charge in [0.1, 0.15) is 0 Å². The summed E-state index contributed by atoms with van der Waals surface area (Å²) in [5, 5.41) is 3.42. The molecule has 0 aliphatic carbocycles. The fourth-order valence-electron chi connectivity index (χ4n) is 3.40. The fraction of sp³-hybridized carbons (Fsp3) is 0.0833. The molecule has 162 valence electrons. The zero-order chi connectivity index (χ0) is 22.9. The van der Waals surface area contributed by atoms with Crippen LogP contribution < -0.4 is 9.62 Å². The number of ketones is 2. The number of nitrogens with zero attached hydrogens (tertiary/aromatic N) is 1. The Hall–Kier alpha value is -3.42. The Morgan fingerprint density at radius 3 is 2.31 bits per heavy atom. The summed E-state index contributed by atoms with van der Waals surface area (Å²) in [4.78, 5) is 24.1. The number of halogens is 1. The average Bonchev–Trinajstić information content (AvgIpc) is 2.78. The molecule has 1 N–H and O–H groups in total. The van der Waals surface area contributed by atoms with Gasteiger partial charge in [-0.15, -0.1) is 0 Å². The van der Waals surface area contributed by atoms with Crippen LogP contribution in [-0.4, -0.2) is 20.0 Å². The van der Waals surface area contributed by atoms with Crippen molar-refractivity contribution >= 4 is 44.6 Å². The maximum Gasteiger partial charge on any atom is 0.270 e. The van der Waals surface area contributed by atoms with E-state index in [-0.39, 0.29) is 17.2 Å². The molecule has 32 heavy (non-hydrogen) atoms. The number of benzene rings is 3. The van der Waals surface area contributed by atoms with Crippen molar-refractivity contribution in [2.24, 2.45) is 0 Å². The minimum absolute atomic E-state index is 0.0500. The van der Waals surface area contributed by atoms with Crippen LogP contribution in [0.25, 0.3) is 0 Å². The SMILES string of the molecule is CC(=O)c1ccc(NC=C2C(=O)c3ccccc3N(Cc3ccc(Cl)cc3)S2(=O)=O)cc1. The number of rotatable bonds is 5. The van der Waals surface area contributed by atoms with Crippen molar-refractivity contribution in [3.05, 3.63) is 106 Å². The van der Waals surface area contributed by atoms with Crippen LogP contribution in [0.5, 0.6) is 0 Å². The van der Waals surface area contributed by atoms with Gasteiger partial charge < -0.3 is 5.32 Å². The van der Waals surface area contributed by atoms with Gasteiger partial charge in [-0.1, -0.05) is 35.9 Å². The van der Waals surface area contributed by atoms with Gasteiger partial charge in [0.25, 0.3) is 10.0 Å². The summed E-state index contributed by atoms with van der Waals surface area (Å²) < 4.78 is 28.1. The molecule has 0 spiro atoms. The zero-order valence-corrected chi connectivity index (χ0v) is 18.7. The summed E-state index contributed by atoms with van der Waals surface area (Å²) >= 11 is 5.95. The van der Waals surface area contributed by atoms with Crippen LogP contribution in [0.3, 0.4) is 0 Å². The molecule has 0 saturated carbocycles. The maximum atomic E-state index is 13.4. The number of nitrogens with one attached hydrogen (secondary N) is 1. The molecule has 4 rings (SSSR count). The number of allylic oxidation sites excluding steroid dienone is 1. The number of anilines is 2. The Balaban J connectivity index is 1.73. The molecule has 0 fully saturated rings. The highest BCUT2D eigenvalue weighted by molar-refractivity contribution is 7.97. The summed E-state index contributed by atoms with van der Waals surface area (Å²) in [5.41, 5.74) is 2.45. The third-order valence-electron chi connectivity index (χ3n) is 5.11.